The van der Waals surface area contributed by atoms with Gasteiger partial charge in [0.25, 0.3) is 0 Å². The number of likely N-dealkylation sites (tertiary alicyclic amines) is 1. The Morgan fingerprint density at radius 1 is 0.938 bits per heavy atom. The van der Waals surface area contributed by atoms with Gasteiger partial charge in [0.2, 0.25) is 0 Å². The van der Waals surface area contributed by atoms with E-state index in [0.29, 0.717) is 12.9 Å². The van der Waals surface area contributed by atoms with E-state index in [4.69, 9.17) is 23.4 Å². The van der Waals surface area contributed by atoms with Crippen molar-refractivity contribution in [2.45, 2.75) is 135 Å². The van der Waals surface area contributed by atoms with Crippen LogP contribution in [0.5, 0.6) is 0 Å². The van der Waals surface area contributed by atoms with Gasteiger partial charge >= 0.3 is 20.3 Å². The normalized spacial score (nSPS) is 29.5. The average Bonchev–Trinajstić information content (AvgIpc) is 3.18. The van der Waals surface area contributed by atoms with E-state index in [9.17, 15) is 4.79 Å². The second kappa shape index (κ2) is 8.17. The lowest BCUT2D eigenvalue weighted by Gasteiger charge is -2.34. The van der Waals surface area contributed by atoms with Crippen molar-refractivity contribution in [2.75, 3.05) is 6.54 Å². The first-order valence-electron chi connectivity index (χ1n) is 12.1. The first kappa shape index (κ1) is 25.9. The third kappa shape index (κ3) is 5.01. The van der Waals surface area contributed by atoms with Gasteiger partial charge in [-0.1, -0.05) is 0 Å². The maximum Gasteiger partial charge on any atom is 0.462 e. The second-order valence-corrected chi connectivity index (χ2v) is 12.6. The Labute approximate surface area is 195 Å². The van der Waals surface area contributed by atoms with Gasteiger partial charge in [0.05, 0.1) is 22.4 Å². The number of hydrogen-bond acceptors (Lipinski definition) is 6. The zero-order valence-corrected chi connectivity index (χ0v) is 22.0. The quantitative estimate of drug-likeness (QED) is 0.565. The van der Waals surface area contributed by atoms with Crippen LogP contribution in [0.15, 0.2) is 0 Å². The summed E-state index contributed by atoms with van der Waals surface area (Å²) in [5.41, 5.74) is -2.30. The Morgan fingerprint density at radius 3 is 1.88 bits per heavy atom. The number of carbonyl (C=O) groups excluding carboxylic acids is 1. The highest BCUT2D eigenvalue weighted by atomic mass is 16.7. The highest BCUT2D eigenvalue weighted by molar-refractivity contribution is 6.53. The SMILES string of the molecule is CC(C)(C)OC(=O)N1CCC[C@@H]1[C@H](CB1OC(C)(C)C(C)(C)O1)B1OC(C)(C)C(C)(C)O1. The molecule has 0 N–H and O–H groups in total. The van der Waals surface area contributed by atoms with Crippen molar-refractivity contribution in [1.29, 1.82) is 0 Å². The summed E-state index contributed by atoms with van der Waals surface area (Å²) in [5, 5.41) is 0. The van der Waals surface area contributed by atoms with Gasteiger partial charge in [-0.2, -0.15) is 0 Å². The Morgan fingerprint density at radius 2 is 1.41 bits per heavy atom. The second-order valence-electron chi connectivity index (χ2n) is 12.6. The van der Waals surface area contributed by atoms with Crippen LogP contribution in [-0.4, -0.2) is 65.8 Å². The van der Waals surface area contributed by atoms with Gasteiger partial charge in [0, 0.05) is 18.4 Å². The van der Waals surface area contributed by atoms with Crippen molar-refractivity contribution >= 4 is 20.3 Å². The number of hydrogen-bond donors (Lipinski definition) is 0. The summed E-state index contributed by atoms with van der Waals surface area (Å²) in [6.07, 6.45) is 2.08. The lowest BCUT2D eigenvalue weighted by molar-refractivity contribution is 0.00578. The molecule has 0 unspecified atom stereocenters. The fourth-order valence-corrected chi connectivity index (χ4v) is 4.58. The summed E-state index contributed by atoms with van der Waals surface area (Å²) in [4.78, 5) is 14.9. The number of nitrogens with zero attached hydrogens (tertiary/aromatic N) is 1. The monoisotopic (exact) mass is 451 g/mol. The molecule has 9 heteroatoms. The van der Waals surface area contributed by atoms with Gasteiger partial charge in [-0.05, 0) is 95.3 Å². The van der Waals surface area contributed by atoms with E-state index in [2.05, 4.69) is 55.4 Å². The Kier molecular flexibility index (Phi) is 6.60. The molecule has 3 aliphatic heterocycles. The van der Waals surface area contributed by atoms with Gasteiger partial charge in [0.1, 0.15) is 5.60 Å². The topological polar surface area (TPSA) is 66.5 Å². The minimum atomic E-state index is -0.546. The predicted octanol–water partition coefficient (Wildman–Crippen LogP) is 4.94. The molecule has 32 heavy (non-hydrogen) atoms. The van der Waals surface area contributed by atoms with Crippen molar-refractivity contribution in [2.24, 2.45) is 0 Å². The van der Waals surface area contributed by atoms with E-state index in [1.165, 1.54) is 0 Å². The molecule has 3 fully saturated rings. The van der Waals surface area contributed by atoms with Gasteiger partial charge in [-0.25, -0.2) is 4.79 Å². The van der Waals surface area contributed by atoms with Crippen molar-refractivity contribution in [3.8, 4) is 0 Å². The van der Waals surface area contributed by atoms with Crippen LogP contribution in [0.3, 0.4) is 0 Å². The smallest absolute Gasteiger partial charge is 0.444 e. The van der Waals surface area contributed by atoms with Crippen molar-refractivity contribution in [3.63, 3.8) is 0 Å². The summed E-state index contributed by atoms with van der Waals surface area (Å²) in [6, 6.07) is -0.0708. The molecule has 0 aromatic rings. The van der Waals surface area contributed by atoms with Crippen molar-refractivity contribution < 1.29 is 28.1 Å². The first-order valence-corrected chi connectivity index (χ1v) is 12.1. The zero-order valence-electron chi connectivity index (χ0n) is 22.0. The zero-order chi connectivity index (χ0) is 24.3. The molecule has 3 aliphatic rings. The molecule has 2 atom stereocenters. The maximum atomic E-state index is 13.0. The third-order valence-corrected chi connectivity index (χ3v) is 7.81. The van der Waals surface area contributed by atoms with E-state index >= 15 is 0 Å². The number of carbonyl (C=O) groups is 1. The van der Waals surface area contributed by atoms with E-state index in [1.54, 1.807) is 0 Å². The third-order valence-electron chi connectivity index (χ3n) is 7.81. The molecule has 3 heterocycles. The van der Waals surface area contributed by atoms with Crippen LogP contribution in [0.4, 0.5) is 4.79 Å². The summed E-state index contributed by atoms with van der Waals surface area (Å²) in [6.45, 7) is 22.8. The van der Waals surface area contributed by atoms with Crippen molar-refractivity contribution in [3.05, 3.63) is 0 Å². The Bertz CT molecular complexity index is 686. The standard InChI is InChI=1S/C23H43B2NO6/c1-19(2,3)28-18(27)26-14-12-13-17(26)16(25-31-22(8,9)23(10,11)32-25)15-24-29-20(4,5)21(6,7)30-24/h16-17H,12-15H2,1-11H3/t16-,17+/m0/s1. The predicted molar refractivity (Wildman–Crippen MR) is 127 cm³/mol. The van der Waals surface area contributed by atoms with Crippen molar-refractivity contribution in [1.82, 2.24) is 4.90 Å². The van der Waals surface area contributed by atoms with Crippen LogP contribution in [0, 0.1) is 0 Å². The highest BCUT2D eigenvalue weighted by Crippen LogP contribution is 2.47. The summed E-state index contributed by atoms with van der Waals surface area (Å²) in [7, 11) is -0.864. The largest absolute Gasteiger partial charge is 0.462 e. The first-order chi connectivity index (χ1) is 14.4. The Hall–Kier alpha value is -0.760. The maximum absolute atomic E-state index is 13.0. The highest BCUT2D eigenvalue weighted by Gasteiger charge is 2.59. The van der Waals surface area contributed by atoms with Crippen LogP contribution in [0.1, 0.15) is 89.0 Å². The number of ether oxygens (including phenoxy) is 1. The molecule has 0 aliphatic carbocycles. The van der Waals surface area contributed by atoms with Crippen LogP contribution in [0.2, 0.25) is 12.1 Å². The fourth-order valence-electron chi connectivity index (χ4n) is 4.58. The summed E-state index contributed by atoms with van der Waals surface area (Å²) >= 11 is 0. The molecule has 3 rings (SSSR count). The summed E-state index contributed by atoms with van der Waals surface area (Å²) in [5.74, 6) is -0.110. The molecule has 3 saturated heterocycles. The van der Waals surface area contributed by atoms with Crippen LogP contribution < -0.4 is 0 Å². The van der Waals surface area contributed by atoms with Crippen LogP contribution in [-0.2, 0) is 23.4 Å². The van der Waals surface area contributed by atoms with Gasteiger partial charge < -0.3 is 28.3 Å². The average molecular weight is 451 g/mol. The minimum Gasteiger partial charge on any atom is -0.444 e. The summed E-state index contributed by atoms with van der Waals surface area (Å²) < 4.78 is 31.3. The fraction of sp³-hybridized carbons (Fsp3) is 0.957. The molecular weight excluding hydrogens is 408 g/mol. The molecule has 0 aromatic heterocycles. The minimum absolute atomic E-state index is 0.0708. The van der Waals surface area contributed by atoms with Gasteiger partial charge in [-0.3, -0.25) is 0 Å². The van der Waals surface area contributed by atoms with E-state index in [-0.39, 0.29) is 18.0 Å². The molecule has 0 radical (unpaired) electrons. The molecule has 0 aromatic carbocycles. The van der Waals surface area contributed by atoms with Gasteiger partial charge in [0.15, 0.2) is 0 Å². The molecule has 7 nitrogen and oxygen atoms in total. The van der Waals surface area contributed by atoms with Gasteiger partial charge in [-0.15, -0.1) is 0 Å². The van der Waals surface area contributed by atoms with Crippen LogP contribution >= 0.6 is 0 Å². The lowest BCUT2D eigenvalue weighted by Crippen LogP contribution is -2.47. The van der Waals surface area contributed by atoms with E-state index in [1.807, 2.05) is 25.7 Å². The molecule has 0 saturated carbocycles. The molecular formula is C23H43B2NO6. The molecule has 1 amide bonds. The lowest BCUT2D eigenvalue weighted by atomic mass is 9.57. The van der Waals surface area contributed by atoms with E-state index < -0.39 is 42.2 Å². The molecule has 0 bridgehead atoms. The van der Waals surface area contributed by atoms with Crippen LogP contribution in [0.25, 0.3) is 0 Å². The number of rotatable bonds is 4. The van der Waals surface area contributed by atoms with E-state index in [0.717, 1.165) is 12.8 Å². The molecule has 0 spiro atoms. The Balaban J connectivity index is 1.87. The molecule has 182 valence electrons. The number of amides is 1.